The van der Waals surface area contributed by atoms with Gasteiger partial charge in [0.05, 0.1) is 24.7 Å². The lowest BCUT2D eigenvalue weighted by Crippen LogP contribution is -2.60. The van der Waals surface area contributed by atoms with Crippen molar-refractivity contribution in [2.75, 3.05) is 6.61 Å². The minimum atomic E-state index is -1.49. The quantitative estimate of drug-likeness (QED) is 0.594. The molecule has 1 aromatic carbocycles. The lowest BCUT2D eigenvalue weighted by molar-refractivity contribution is -0.277. The van der Waals surface area contributed by atoms with E-state index >= 15 is 0 Å². The molecule has 1 aliphatic rings. The van der Waals surface area contributed by atoms with E-state index < -0.39 is 37.3 Å². The van der Waals surface area contributed by atoms with Gasteiger partial charge in [-0.05, 0) is 24.3 Å². The zero-order chi connectivity index (χ0) is 17.3. The van der Waals surface area contributed by atoms with Crippen LogP contribution in [0.2, 0.25) is 5.02 Å². The molecule has 0 saturated carbocycles. The van der Waals surface area contributed by atoms with Gasteiger partial charge >= 0.3 is 0 Å². The summed E-state index contributed by atoms with van der Waals surface area (Å²) in [5.41, 5.74) is 0.753. The molecule has 1 aliphatic heterocycles. The Bertz CT molecular complexity index is 677. The van der Waals surface area contributed by atoms with E-state index in [0.29, 0.717) is 5.02 Å². The first-order chi connectivity index (χ1) is 11.5. The summed E-state index contributed by atoms with van der Waals surface area (Å²) in [7, 11) is 0. The Morgan fingerprint density at radius 2 is 1.83 bits per heavy atom. The Kier molecular flexibility index (Phi) is 5.04. The number of aliphatic hydroxyl groups excluding tert-OH is 4. The van der Waals surface area contributed by atoms with Crippen LogP contribution in [0.25, 0.3) is 5.69 Å². The van der Waals surface area contributed by atoms with Crippen LogP contribution >= 0.6 is 11.6 Å². The molecular weight excluding hydrogens is 340 g/mol. The van der Waals surface area contributed by atoms with Gasteiger partial charge in [0.1, 0.15) is 24.4 Å². The highest BCUT2D eigenvalue weighted by Gasteiger charge is 2.44. The smallest absolute Gasteiger partial charge is 0.229 e. The molecule has 24 heavy (non-hydrogen) atoms. The zero-order valence-corrected chi connectivity index (χ0v) is 13.2. The molecule has 5 atom stereocenters. The summed E-state index contributed by atoms with van der Waals surface area (Å²) in [6.07, 6.45) is -3.69. The van der Waals surface area contributed by atoms with E-state index in [0.717, 1.165) is 5.69 Å². The number of nitrogens with zero attached hydrogens (tertiary/aromatic N) is 2. The molecule has 0 bridgehead atoms. The van der Waals surface area contributed by atoms with Crippen molar-refractivity contribution >= 4 is 11.6 Å². The highest BCUT2D eigenvalue weighted by Crippen LogP contribution is 2.24. The maximum absolute atomic E-state index is 9.95. The summed E-state index contributed by atoms with van der Waals surface area (Å²) < 4.78 is 12.3. The van der Waals surface area contributed by atoms with Crippen LogP contribution in [-0.2, 0) is 4.74 Å². The van der Waals surface area contributed by atoms with Crippen molar-refractivity contribution in [2.45, 2.75) is 30.7 Å². The summed E-state index contributed by atoms with van der Waals surface area (Å²) >= 11 is 5.84. The molecule has 130 valence electrons. The Labute approximate surface area is 142 Å². The van der Waals surface area contributed by atoms with Crippen LogP contribution in [0, 0.1) is 0 Å². The first-order valence-electron chi connectivity index (χ1n) is 7.27. The van der Waals surface area contributed by atoms with E-state index in [1.165, 1.54) is 10.9 Å². The van der Waals surface area contributed by atoms with Crippen molar-refractivity contribution in [1.82, 2.24) is 9.78 Å². The average molecular weight is 357 g/mol. The summed E-state index contributed by atoms with van der Waals surface area (Å²) in [5.74, 6) is 0.286. The van der Waals surface area contributed by atoms with E-state index in [2.05, 4.69) is 5.10 Å². The molecule has 1 saturated heterocycles. The number of hydrogen-bond acceptors (Lipinski definition) is 7. The summed E-state index contributed by atoms with van der Waals surface area (Å²) in [5, 5.41) is 43.3. The molecule has 2 heterocycles. The fraction of sp³-hybridized carbons (Fsp3) is 0.400. The molecule has 4 N–H and O–H groups in total. The van der Waals surface area contributed by atoms with E-state index in [1.54, 1.807) is 30.5 Å². The third-order valence-electron chi connectivity index (χ3n) is 3.75. The number of ether oxygens (including phenoxy) is 2. The van der Waals surface area contributed by atoms with E-state index in [4.69, 9.17) is 26.2 Å². The van der Waals surface area contributed by atoms with Crippen molar-refractivity contribution in [2.24, 2.45) is 0 Å². The van der Waals surface area contributed by atoms with Gasteiger partial charge in [-0.1, -0.05) is 11.6 Å². The Balaban J connectivity index is 1.73. The molecule has 0 aliphatic carbocycles. The van der Waals surface area contributed by atoms with Gasteiger partial charge in [-0.2, -0.15) is 5.10 Å². The standard InChI is InChI=1S/C15H17ClN2O6/c16-8-1-3-9(4-2-8)18-6-10(5-17-18)23-15-14(22)13(21)12(20)11(7-19)24-15/h1-6,11-15,19-22H,7H2/t11-,12-,13+,14-,15-/m1/s1. The molecule has 1 fully saturated rings. The number of rotatable bonds is 4. The monoisotopic (exact) mass is 356 g/mol. The molecule has 0 spiro atoms. The zero-order valence-electron chi connectivity index (χ0n) is 12.4. The van der Waals surface area contributed by atoms with Gasteiger partial charge in [-0.3, -0.25) is 0 Å². The molecule has 3 rings (SSSR count). The molecule has 0 amide bonds. The minimum Gasteiger partial charge on any atom is -0.459 e. The van der Waals surface area contributed by atoms with Crippen LogP contribution in [0.5, 0.6) is 5.75 Å². The lowest BCUT2D eigenvalue weighted by atomic mass is 9.99. The second kappa shape index (κ2) is 7.06. The third kappa shape index (κ3) is 3.39. The summed E-state index contributed by atoms with van der Waals surface area (Å²) in [4.78, 5) is 0. The van der Waals surface area contributed by atoms with E-state index in [9.17, 15) is 15.3 Å². The molecule has 8 nitrogen and oxygen atoms in total. The van der Waals surface area contributed by atoms with Crippen LogP contribution in [-0.4, -0.2) is 67.5 Å². The number of hydrogen-bond donors (Lipinski definition) is 4. The fourth-order valence-corrected chi connectivity index (χ4v) is 2.53. The van der Waals surface area contributed by atoms with Gasteiger partial charge in [0.2, 0.25) is 6.29 Å². The molecule has 0 radical (unpaired) electrons. The normalized spacial score (nSPS) is 30.3. The van der Waals surface area contributed by atoms with Crippen LogP contribution in [0.3, 0.4) is 0 Å². The topological polar surface area (TPSA) is 117 Å². The van der Waals surface area contributed by atoms with Crippen LogP contribution in [0.1, 0.15) is 0 Å². The molecule has 9 heteroatoms. The van der Waals surface area contributed by atoms with Crippen LogP contribution < -0.4 is 4.74 Å². The highest BCUT2D eigenvalue weighted by atomic mass is 35.5. The fourth-order valence-electron chi connectivity index (χ4n) is 2.40. The maximum Gasteiger partial charge on any atom is 0.229 e. The predicted octanol–water partition coefficient (Wildman–Crippen LogP) is -0.296. The van der Waals surface area contributed by atoms with Crippen molar-refractivity contribution < 1.29 is 29.9 Å². The van der Waals surface area contributed by atoms with Gasteiger partial charge in [0, 0.05) is 5.02 Å². The lowest BCUT2D eigenvalue weighted by Gasteiger charge is -2.39. The maximum atomic E-state index is 9.95. The molecule has 2 aromatic rings. The number of aliphatic hydroxyl groups is 4. The SMILES string of the molecule is OC[C@H]1O[C@@H](Oc2cnn(-c3ccc(Cl)cc3)c2)[C@H](O)[C@@H](O)[C@@H]1O. The van der Waals surface area contributed by atoms with Crippen molar-refractivity contribution in [3.8, 4) is 11.4 Å². The Morgan fingerprint density at radius 1 is 1.12 bits per heavy atom. The summed E-state index contributed by atoms with van der Waals surface area (Å²) in [6.45, 7) is -0.519. The van der Waals surface area contributed by atoms with E-state index in [1.807, 2.05) is 0 Å². The minimum absolute atomic E-state index is 0.286. The third-order valence-corrected chi connectivity index (χ3v) is 4.00. The molecule has 0 unspecified atom stereocenters. The van der Waals surface area contributed by atoms with Crippen molar-refractivity contribution in [3.05, 3.63) is 41.7 Å². The van der Waals surface area contributed by atoms with Gasteiger partial charge in [-0.25, -0.2) is 4.68 Å². The van der Waals surface area contributed by atoms with Crippen LogP contribution in [0.4, 0.5) is 0 Å². The van der Waals surface area contributed by atoms with Gasteiger partial charge < -0.3 is 29.9 Å². The van der Waals surface area contributed by atoms with Crippen molar-refractivity contribution in [3.63, 3.8) is 0 Å². The van der Waals surface area contributed by atoms with Gasteiger partial charge in [-0.15, -0.1) is 0 Å². The highest BCUT2D eigenvalue weighted by molar-refractivity contribution is 6.30. The first-order valence-corrected chi connectivity index (χ1v) is 7.65. The predicted molar refractivity (Wildman–Crippen MR) is 83.0 cm³/mol. The van der Waals surface area contributed by atoms with E-state index in [-0.39, 0.29) is 5.75 Å². The number of aromatic nitrogens is 2. The first kappa shape index (κ1) is 17.2. The average Bonchev–Trinajstić information content (AvgIpc) is 3.04. The Hall–Kier alpha value is -1.68. The summed E-state index contributed by atoms with van der Waals surface area (Å²) in [6, 6.07) is 6.98. The second-order valence-electron chi connectivity index (χ2n) is 5.41. The Morgan fingerprint density at radius 3 is 2.50 bits per heavy atom. The van der Waals surface area contributed by atoms with Crippen molar-refractivity contribution in [1.29, 1.82) is 0 Å². The van der Waals surface area contributed by atoms with Crippen LogP contribution in [0.15, 0.2) is 36.7 Å². The second-order valence-corrected chi connectivity index (χ2v) is 5.85. The van der Waals surface area contributed by atoms with Gasteiger partial charge in [0.25, 0.3) is 0 Å². The number of benzene rings is 1. The molecular formula is C15H17ClN2O6. The van der Waals surface area contributed by atoms with Gasteiger partial charge in [0.15, 0.2) is 5.75 Å². The number of halogens is 1. The largest absolute Gasteiger partial charge is 0.459 e. The molecule has 1 aromatic heterocycles.